The van der Waals surface area contributed by atoms with E-state index in [1.165, 1.54) is 7.11 Å². The summed E-state index contributed by atoms with van der Waals surface area (Å²) in [6.07, 6.45) is 0.950. The predicted octanol–water partition coefficient (Wildman–Crippen LogP) is -0.516. The maximum Gasteiger partial charge on any atom is 0.287 e. The number of hydrogen-bond acceptors (Lipinski definition) is 4. The molecule has 0 aromatic heterocycles. The molecule has 0 aliphatic rings. The molecular formula is C9H18F2N2O3. The Balaban J connectivity index is 3.79. The normalized spacial score (nSPS) is 13.6. The van der Waals surface area contributed by atoms with Gasteiger partial charge in [0.05, 0.1) is 12.6 Å². The van der Waals surface area contributed by atoms with E-state index in [1.807, 2.05) is 5.32 Å². The van der Waals surface area contributed by atoms with E-state index in [0.717, 1.165) is 0 Å². The molecule has 0 aromatic carbocycles. The number of rotatable bonds is 8. The molecule has 0 aliphatic heterocycles. The summed E-state index contributed by atoms with van der Waals surface area (Å²) in [7, 11) is 1.52. The van der Waals surface area contributed by atoms with Gasteiger partial charge in [-0.2, -0.15) is 0 Å². The van der Waals surface area contributed by atoms with Gasteiger partial charge in [-0.05, 0) is 12.8 Å². The highest BCUT2D eigenvalue weighted by molar-refractivity contribution is 5.81. The molecule has 0 rings (SSSR count). The number of aliphatic hydroxyl groups is 1. The summed E-state index contributed by atoms with van der Waals surface area (Å²) in [5, 5.41) is 10.3. The Labute approximate surface area is 92.9 Å². The fourth-order valence-corrected chi connectivity index (χ4v) is 0.982. The number of methoxy groups -OCH3 is 1. The summed E-state index contributed by atoms with van der Waals surface area (Å²) >= 11 is 0. The van der Waals surface area contributed by atoms with Crippen molar-refractivity contribution in [2.45, 2.75) is 24.8 Å². The molecule has 1 amide bonds. The second kappa shape index (κ2) is 7.48. The van der Waals surface area contributed by atoms with Crippen molar-refractivity contribution >= 4 is 5.91 Å². The SMILES string of the molecule is COCCCC(N)C(=O)NCC(F)(F)CO. The van der Waals surface area contributed by atoms with Crippen LogP contribution < -0.4 is 11.1 Å². The molecule has 0 radical (unpaired) electrons. The van der Waals surface area contributed by atoms with E-state index in [9.17, 15) is 13.6 Å². The molecular weight excluding hydrogens is 222 g/mol. The van der Waals surface area contributed by atoms with E-state index in [0.29, 0.717) is 19.4 Å². The van der Waals surface area contributed by atoms with E-state index in [2.05, 4.69) is 0 Å². The van der Waals surface area contributed by atoms with E-state index in [4.69, 9.17) is 15.6 Å². The summed E-state index contributed by atoms with van der Waals surface area (Å²) in [4.78, 5) is 11.2. The molecule has 1 unspecified atom stereocenters. The fraction of sp³-hybridized carbons (Fsp3) is 0.889. The number of carbonyl (C=O) groups excluding carboxylic acids is 1. The minimum Gasteiger partial charge on any atom is -0.390 e. The van der Waals surface area contributed by atoms with Gasteiger partial charge in [-0.1, -0.05) is 0 Å². The number of amides is 1. The van der Waals surface area contributed by atoms with Crippen LogP contribution in [-0.4, -0.2) is 49.8 Å². The van der Waals surface area contributed by atoms with Crippen molar-refractivity contribution in [2.75, 3.05) is 26.9 Å². The summed E-state index contributed by atoms with van der Waals surface area (Å²) in [5.74, 6) is -3.95. The minimum absolute atomic E-state index is 0.365. The molecule has 0 aliphatic carbocycles. The van der Waals surface area contributed by atoms with Crippen LogP contribution in [0.2, 0.25) is 0 Å². The third-order valence-electron chi connectivity index (χ3n) is 1.95. The third kappa shape index (κ3) is 6.65. The van der Waals surface area contributed by atoms with Crippen molar-refractivity contribution in [3.8, 4) is 0 Å². The van der Waals surface area contributed by atoms with E-state index in [1.54, 1.807) is 0 Å². The van der Waals surface area contributed by atoms with E-state index < -0.39 is 31.0 Å². The molecule has 0 saturated heterocycles. The molecule has 4 N–H and O–H groups in total. The highest BCUT2D eigenvalue weighted by Crippen LogP contribution is 2.09. The van der Waals surface area contributed by atoms with Gasteiger partial charge >= 0.3 is 0 Å². The monoisotopic (exact) mass is 240 g/mol. The van der Waals surface area contributed by atoms with Gasteiger partial charge < -0.3 is 20.9 Å². The zero-order chi connectivity index (χ0) is 12.6. The minimum atomic E-state index is -3.30. The zero-order valence-corrected chi connectivity index (χ0v) is 9.21. The largest absolute Gasteiger partial charge is 0.390 e. The van der Waals surface area contributed by atoms with Crippen LogP contribution in [0.4, 0.5) is 8.78 Å². The first-order chi connectivity index (χ1) is 7.43. The number of alkyl halides is 2. The zero-order valence-electron chi connectivity index (χ0n) is 9.21. The summed E-state index contributed by atoms with van der Waals surface area (Å²) in [6, 6.07) is -0.829. The van der Waals surface area contributed by atoms with Crippen LogP contribution in [0.15, 0.2) is 0 Å². The predicted molar refractivity (Wildman–Crippen MR) is 54.1 cm³/mol. The van der Waals surface area contributed by atoms with E-state index in [-0.39, 0.29) is 0 Å². The number of carbonyl (C=O) groups is 1. The lowest BCUT2D eigenvalue weighted by Crippen LogP contribution is -2.46. The van der Waals surface area contributed by atoms with Gasteiger partial charge in [-0.15, -0.1) is 0 Å². The van der Waals surface area contributed by atoms with Gasteiger partial charge in [-0.25, -0.2) is 8.78 Å². The molecule has 7 heteroatoms. The van der Waals surface area contributed by atoms with Crippen molar-refractivity contribution in [3.05, 3.63) is 0 Å². The Bertz CT molecular complexity index is 215. The van der Waals surface area contributed by atoms with Crippen molar-refractivity contribution in [2.24, 2.45) is 5.73 Å². The van der Waals surface area contributed by atoms with Gasteiger partial charge in [-0.3, -0.25) is 4.79 Å². The lowest BCUT2D eigenvalue weighted by Gasteiger charge is -2.16. The van der Waals surface area contributed by atoms with Crippen LogP contribution in [0, 0.1) is 0 Å². The fourth-order valence-electron chi connectivity index (χ4n) is 0.982. The summed E-state index contributed by atoms with van der Waals surface area (Å²) < 4.78 is 29.9. The standard InChI is InChI=1S/C9H18F2N2O3/c1-16-4-2-3-7(12)8(15)13-5-9(10,11)6-14/h7,14H,2-6,12H2,1H3,(H,13,15). The molecule has 5 nitrogen and oxygen atoms in total. The lowest BCUT2D eigenvalue weighted by molar-refractivity contribution is -0.125. The highest BCUT2D eigenvalue weighted by Gasteiger charge is 2.28. The number of nitrogens with one attached hydrogen (secondary N) is 1. The second-order valence-corrected chi connectivity index (χ2v) is 3.47. The molecule has 0 spiro atoms. The van der Waals surface area contributed by atoms with Crippen LogP contribution >= 0.6 is 0 Å². The first-order valence-electron chi connectivity index (χ1n) is 4.94. The van der Waals surface area contributed by atoms with Crippen LogP contribution in [0.1, 0.15) is 12.8 Å². The number of ether oxygens (including phenoxy) is 1. The Hall–Kier alpha value is -0.790. The van der Waals surface area contributed by atoms with Crippen molar-refractivity contribution in [1.82, 2.24) is 5.32 Å². The smallest absolute Gasteiger partial charge is 0.287 e. The van der Waals surface area contributed by atoms with Crippen molar-refractivity contribution < 1.29 is 23.4 Å². The average Bonchev–Trinajstić information content (AvgIpc) is 2.26. The maximum absolute atomic E-state index is 12.6. The summed E-state index contributed by atoms with van der Waals surface area (Å²) in [6.45, 7) is -1.74. The maximum atomic E-state index is 12.6. The Morgan fingerprint density at radius 3 is 2.75 bits per heavy atom. The summed E-state index contributed by atoms with van der Waals surface area (Å²) in [5.41, 5.74) is 5.45. The van der Waals surface area contributed by atoms with Crippen molar-refractivity contribution in [1.29, 1.82) is 0 Å². The first kappa shape index (κ1) is 15.2. The molecule has 16 heavy (non-hydrogen) atoms. The van der Waals surface area contributed by atoms with Gasteiger partial charge in [0, 0.05) is 13.7 Å². The first-order valence-corrected chi connectivity index (χ1v) is 4.94. The third-order valence-corrected chi connectivity index (χ3v) is 1.95. The quantitative estimate of drug-likeness (QED) is 0.499. The molecule has 0 fully saturated rings. The van der Waals surface area contributed by atoms with Crippen LogP contribution in [0.3, 0.4) is 0 Å². The van der Waals surface area contributed by atoms with Crippen LogP contribution in [0.5, 0.6) is 0 Å². The Kier molecular flexibility index (Phi) is 7.11. The lowest BCUT2D eigenvalue weighted by atomic mass is 10.1. The number of halogens is 2. The number of aliphatic hydroxyl groups excluding tert-OH is 1. The molecule has 0 bridgehead atoms. The van der Waals surface area contributed by atoms with E-state index >= 15 is 0 Å². The number of nitrogens with two attached hydrogens (primary N) is 1. The number of hydrogen-bond donors (Lipinski definition) is 3. The van der Waals surface area contributed by atoms with Gasteiger partial charge in [0.1, 0.15) is 6.61 Å². The molecule has 1 atom stereocenters. The second-order valence-electron chi connectivity index (χ2n) is 3.47. The van der Waals surface area contributed by atoms with Gasteiger partial charge in [0.2, 0.25) is 5.91 Å². The Morgan fingerprint density at radius 1 is 1.62 bits per heavy atom. The Morgan fingerprint density at radius 2 is 2.25 bits per heavy atom. The topological polar surface area (TPSA) is 84.6 Å². The van der Waals surface area contributed by atoms with Crippen LogP contribution in [-0.2, 0) is 9.53 Å². The average molecular weight is 240 g/mol. The molecule has 0 heterocycles. The van der Waals surface area contributed by atoms with Gasteiger partial charge in [0.25, 0.3) is 5.92 Å². The van der Waals surface area contributed by atoms with Crippen molar-refractivity contribution in [3.63, 3.8) is 0 Å². The van der Waals surface area contributed by atoms with Gasteiger partial charge in [0.15, 0.2) is 0 Å². The molecule has 96 valence electrons. The van der Waals surface area contributed by atoms with Crippen LogP contribution in [0.25, 0.3) is 0 Å². The highest BCUT2D eigenvalue weighted by atomic mass is 19.3. The molecule has 0 saturated carbocycles. The molecule has 0 aromatic rings.